The minimum atomic E-state index is -1.65. The maximum absolute atomic E-state index is 15.0. The monoisotopic (exact) mass is 336 g/mol. The van der Waals surface area contributed by atoms with Crippen LogP contribution in [0.1, 0.15) is 63.5 Å². The standard InChI is InChI=1S/C19H25FO4/c1-18(2,20)13-11-15-16(24-10-6-9-23-15)12-14(13)19(17(21)22)7-4-3-5-8-19/h11-12H,3-10H2,1-2H3,(H,21,22). The van der Waals surface area contributed by atoms with Crippen LogP contribution in [0.15, 0.2) is 12.1 Å². The summed E-state index contributed by atoms with van der Waals surface area (Å²) in [6.07, 6.45) is 4.52. The minimum absolute atomic E-state index is 0.399. The van der Waals surface area contributed by atoms with E-state index in [2.05, 4.69) is 0 Å². The Morgan fingerprint density at radius 1 is 1.08 bits per heavy atom. The summed E-state index contributed by atoms with van der Waals surface area (Å²) in [5.74, 6) is 0.164. The molecule has 1 fully saturated rings. The zero-order valence-electron chi connectivity index (χ0n) is 14.4. The number of carbonyl (C=O) groups is 1. The molecule has 3 rings (SSSR count). The fourth-order valence-corrected chi connectivity index (χ4v) is 3.85. The number of carboxylic acid groups (broad SMARTS) is 1. The number of fused-ring (bicyclic) bond motifs is 1. The highest BCUT2D eigenvalue weighted by atomic mass is 19.1. The maximum atomic E-state index is 15.0. The molecular formula is C19H25FO4. The van der Waals surface area contributed by atoms with Crippen LogP contribution in [0.25, 0.3) is 0 Å². The molecule has 1 aliphatic carbocycles. The third-order valence-electron chi connectivity index (χ3n) is 5.16. The highest BCUT2D eigenvalue weighted by molar-refractivity contribution is 5.83. The van der Waals surface area contributed by atoms with Crippen LogP contribution < -0.4 is 9.47 Å². The van der Waals surface area contributed by atoms with E-state index in [-0.39, 0.29) is 0 Å². The van der Waals surface area contributed by atoms with Gasteiger partial charge in [0.25, 0.3) is 0 Å². The Hall–Kier alpha value is -1.78. The zero-order valence-corrected chi connectivity index (χ0v) is 14.4. The van der Waals surface area contributed by atoms with Gasteiger partial charge in [-0.3, -0.25) is 4.79 Å². The van der Waals surface area contributed by atoms with Gasteiger partial charge in [0.05, 0.1) is 18.6 Å². The van der Waals surface area contributed by atoms with Gasteiger partial charge in [0.1, 0.15) is 5.67 Å². The van der Waals surface area contributed by atoms with E-state index in [1.165, 1.54) is 13.8 Å². The quantitative estimate of drug-likeness (QED) is 0.892. The summed E-state index contributed by atoms with van der Waals surface area (Å²) in [7, 11) is 0. The minimum Gasteiger partial charge on any atom is -0.490 e. The van der Waals surface area contributed by atoms with Crippen LogP contribution >= 0.6 is 0 Å². The van der Waals surface area contributed by atoms with Gasteiger partial charge in [0, 0.05) is 6.42 Å². The van der Waals surface area contributed by atoms with E-state index >= 15 is 0 Å². The molecule has 1 saturated carbocycles. The number of aliphatic carboxylic acids is 1. The van der Waals surface area contributed by atoms with E-state index in [0.29, 0.717) is 48.7 Å². The predicted molar refractivity (Wildman–Crippen MR) is 88.6 cm³/mol. The van der Waals surface area contributed by atoms with Crippen molar-refractivity contribution in [2.45, 2.75) is 63.5 Å². The molecule has 1 aromatic rings. The summed E-state index contributed by atoms with van der Waals surface area (Å²) in [5.41, 5.74) is -1.75. The van der Waals surface area contributed by atoms with E-state index in [0.717, 1.165) is 25.7 Å². The molecule has 0 aromatic heterocycles. The average molecular weight is 336 g/mol. The van der Waals surface area contributed by atoms with Crippen LogP contribution in [0.4, 0.5) is 4.39 Å². The predicted octanol–water partition coefficient (Wildman–Crippen LogP) is 4.34. The van der Waals surface area contributed by atoms with Crippen molar-refractivity contribution in [1.29, 1.82) is 0 Å². The number of benzene rings is 1. The van der Waals surface area contributed by atoms with E-state index in [1.54, 1.807) is 12.1 Å². The van der Waals surface area contributed by atoms with Gasteiger partial charge in [-0.25, -0.2) is 4.39 Å². The highest BCUT2D eigenvalue weighted by Crippen LogP contribution is 2.48. The van der Waals surface area contributed by atoms with E-state index in [9.17, 15) is 14.3 Å². The summed E-state index contributed by atoms with van der Waals surface area (Å²) < 4.78 is 26.4. The van der Waals surface area contributed by atoms with Gasteiger partial charge in [-0.1, -0.05) is 19.3 Å². The van der Waals surface area contributed by atoms with Gasteiger partial charge in [0.15, 0.2) is 11.5 Å². The van der Waals surface area contributed by atoms with Crippen molar-refractivity contribution in [3.8, 4) is 11.5 Å². The summed E-state index contributed by atoms with van der Waals surface area (Å²) in [4.78, 5) is 12.2. The van der Waals surface area contributed by atoms with Crippen LogP contribution in [-0.2, 0) is 15.9 Å². The number of hydrogen-bond acceptors (Lipinski definition) is 3. The number of halogens is 1. The molecule has 2 aliphatic rings. The number of rotatable bonds is 3. The molecule has 1 heterocycles. The fourth-order valence-electron chi connectivity index (χ4n) is 3.85. The van der Waals surface area contributed by atoms with Crippen molar-refractivity contribution in [3.05, 3.63) is 23.3 Å². The Bertz CT molecular complexity index is 627. The first-order valence-electron chi connectivity index (χ1n) is 8.71. The lowest BCUT2D eigenvalue weighted by Gasteiger charge is -2.37. The Morgan fingerprint density at radius 2 is 1.67 bits per heavy atom. The molecule has 5 heteroatoms. The van der Waals surface area contributed by atoms with Crippen LogP contribution in [0, 0.1) is 0 Å². The topological polar surface area (TPSA) is 55.8 Å². The molecule has 1 aliphatic heterocycles. The van der Waals surface area contributed by atoms with Crippen molar-refractivity contribution in [2.75, 3.05) is 13.2 Å². The maximum Gasteiger partial charge on any atom is 0.314 e. The molecule has 0 amide bonds. The van der Waals surface area contributed by atoms with E-state index in [4.69, 9.17) is 9.47 Å². The molecule has 132 valence electrons. The number of carboxylic acids is 1. The molecular weight excluding hydrogens is 311 g/mol. The van der Waals surface area contributed by atoms with Crippen LogP contribution in [0.3, 0.4) is 0 Å². The summed E-state index contributed by atoms with van der Waals surface area (Å²) in [6, 6.07) is 3.37. The number of ether oxygens (including phenoxy) is 2. The Labute approximate surface area is 142 Å². The molecule has 0 spiro atoms. The van der Waals surface area contributed by atoms with Gasteiger partial charge in [-0.2, -0.15) is 0 Å². The fraction of sp³-hybridized carbons (Fsp3) is 0.632. The first-order valence-corrected chi connectivity index (χ1v) is 8.71. The van der Waals surface area contributed by atoms with Crippen LogP contribution in [0.2, 0.25) is 0 Å². The molecule has 24 heavy (non-hydrogen) atoms. The molecule has 0 radical (unpaired) electrons. The number of alkyl halides is 1. The normalized spacial score (nSPS) is 20.3. The molecule has 4 nitrogen and oxygen atoms in total. The third kappa shape index (κ3) is 2.96. The summed E-state index contributed by atoms with van der Waals surface area (Å²) in [5, 5.41) is 10.00. The first kappa shape index (κ1) is 17.1. The second kappa shape index (κ2) is 6.26. The second-order valence-electron chi connectivity index (χ2n) is 7.32. The number of hydrogen-bond donors (Lipinski definition) is 1. The van der Waals surface area contributed by atoms with Gasteiger partial charge in [-0.15, -0.1) is 0 Å². The van der Waals surface area contributed by atoms with Crippen molar-refractivity contribution in [1.82, 2.24) is 0 Å². The van der Waals surface area contributed by atoms with Crippen LogP contribution in [-0.4, -0.2) is 24.3 Å². The molecule has 0 bridgehead atoms. The van der Waals surface area contributed by atoms with Gasteiger partial charge >= 0.3 is 5.97 Å². The average Bonchev–Trinajstić information content (AvgIpc) is 2.78. The lowest BCUT2D eigenvalue weighted by Crippen LogP contribution is -2.39. The molecule has 0 atom stereocenters. The van der Waals surface area contributed by atoms with Gasteiger partial charge in [-0.05, 0) is 49.9 Å². The Kier molecular flexibility index (Phi) is 4.45. The molecule has 0 unspecified atom stereocenters. The second-order valence-corrected chi connectivity index (χ2v) is 7.32. The van der Waals surface area contributed by atoms with Crippen molar-refractivity contribution in [2.24, 2.45) is 0 Å². The van der Waals surface area contributed by atoms with E-state index < -0.39 is 17.1 Å². The Balaban J connectivity index is 2.20. The third-order valence-corrected chi connectivity index (χ3v) is 5.16. The first-order chi connectivity index (χ1) is 11.3. The lowest BCUT2D eigenvalue weighted by molar-refractivity contribution is -0.145. The van der Waals surface area contributed by atoms with Crippen molar-refractivity contribution >= 4 is 5.97 Å². The Morgan fingerprint density at radius 3 is 2.21 bits per heavy atom. The van der Waals surface area contributed by atoms with E-state index in [1.807, 2.05) is 0 Å². The van der Waals surface area contributed by atoms with Crippen LogP contribution in [0.5, 0.6) is 11.5 Å². The highest BCUT2D eigenvalue weighted by Gasteiger charge is 2.45. The smallest absolute Gasteiger partial charge is 0.314 e. The molecule has 0 saturated heterocycles. The SMILES string of the molecule is CC(C)(F)c1cc2c(cc1C1(C(=O)O)CCCCC1)OCCCO2. The lowest BCUT2D eigenvalue weighted by atomic mass is 9.67. The van der Waals surface area contributed by atoms with Gasteiger partial charge in [0.2, 0.25) is 0 Å². The molecule has 1 aromatic carbocycles. The van der Waals surface area contributed by atoms with Crippen molar-refractivity contribution < 1.29 is 23.8 Å². The zero-order chi connectivity index (χ0) is 17.4. The van der Waals surface area contributed by atoms with Gasteiger partial charge < -0.3 is 14.6 Å². The largest absolute Gasteiger partial charge is 0.490 e. The van der Waals surface area contributed by atoms with Crippen molar-refractivity contribution in [3.63, 3.8) is 0 Å². The summed E-state index contributed by atoms with van der Waals surface area (Å²) >= 11 is 0. The molecule has 1 N–H and O–H groups in total. The summed E-state index contributed by atoms with van der Waals surface area (Å²) in [6.45, 7) is 3.97.